The van der Waals surface area contributed by atoms with Crippen LogP contribution >= 0.6 is 23.2 Å². The number of anilines is 1. The number of nitrogens with one attached hydrogen (secondary N) is 1. The molecule has 1 fully saturated rings. The molecule has 0 radical (unpaired) electrons. The SMILES string of the molecule is Cc1ccc(S(=O)(=O)N(CC(=O)N(Cc2ccc(Cl)c(Cl)c2)[C@@H](Cc2ccccc2)C(=O)NC2CCCCC2)c2ccccc2)cc1. The number of nitrogens with zero attached hydrogens (tertiary/aromatic N) is 2. The van der Waals surface area contributed by atoms with E-state index < -0.39 is 28.5 Å². The Labute approximate surface area is 287 Å². The summed E-state index contributed by atoms with van der Waals surface area (Å²) in [5.41, 5.74) is 2.77. The molecule has 4 aromatic carbocycles. The average molecular weight is 693 g/mol. The van der Waals surface area contributed by atoms with Crippen LogP contribution in [0.2, 0.25) is 10.0 Å². The monoisotopic (exact) mass is 691 g/mol. The van der Waals surface area contributed by atoms with Gasteiger partial charge in [-0.05, 0) is 67.3 Å². The Kier molecular flexibility index (Phi) is 11.6. The molecule has 0 aromatic heterocycles. The summed E-state index contributed by atoms with van der Waals surface area (Å²) in [6, 6.07) is 28.7. The van der Waals surface area contributed by atoms with Gasteiger partial charge >= 0.3 is 0 Å². The first-order chi connectivity index (χ1) is 22.6. The predicted molar refractivity (Wildman–Crippen MR) is 188 cm³/mol. The fourth-order valence-electron chi connectivity index (χ4n) is 5.89. The molecule has 47 heavy (non-hydrogen) atoms. The van der Waals surface area contributed by atoms with Crippen LogP contribution in [-0.4, -0.2) is 43.8 Å². The molecular weight excluding hydrogens is 653 g/mol. The van der Waals surface area contributed by atoms with Gasteiger partial charge in [-0.15, -0.1) is 0 Å². The van der Waals surface area contributed by atoms with Crippen molar-refractivity contribution in [3.8, 4) is 0 Å². The molecule has 1 saturated carbocycles. The average Bonchev–Trinajstić information content (AvgIpc) is 3.08. The summed E-state index contributed by atoms with van der Waals surface area (Å²) >= 11 is 12.6. The summed E-state index contributed by atoms with van der Waals surface area (Å²) in [5.74, 6) is -0.808. The zero-order valence-corrected chi connectivity index (χ0v) is 28.6. The number of carbonyl (C=O) groups excluding carboxylic acids is 2. The van der Waals surface area contributed by atoms with Crippen molar-refractivity contribution in [3.05, 3.63) is 130 Å². The Morgan fingerprint density at radius 2 is 1.45 bits per heavy atom. The molecule has 2 amide bonds. The van der Waals surface area contributed by atoms with Crippen molar-refractivity contribution in [3.63, 3.8) is 0 Å². The molecular formula is C37H39Cl2N3O4S. The second-order valence-electron chi connectivity index (χ2n) is 12.0. The van der Waals surface area contributed by atoms with Crippen LogP contribution in [0.4, 0.5) is 5.69 Å². The molecule has 7 nitrogen and oxygen atoms in total. The highest BCUT2D eigenvalue weighted by Crippen LogP contribution is 2.27. The van der Waals surface area contributed by atoms with E-state index in [4.69, 9.17) is 23.2 Å². The van der Waals surface area contributed by atoms with Crippen LogP contribution in [0.15, 0.2) is 108 Å². The summed E-state index contributed by atoms with van der Waals surface area (Å²) in [6.45, 7) is 1.36. The molecule has 0 unspecified atom stereocenters. The van der Waals surface area contributed by atoms with Crippen molar-refractivity contribution in [2.45, 2.75) is 69.0 Å². The van der Waals surface area contributed by atoms with E-state index in [1.165, 1.54) is 17.0 Å². The topological polar surface area (TPSA) is 86.8 Å². The third kappa shape index (κ3) is 8.95. The molecule has 1 aliphatic rings. The van der Waals surface area contributed by atoms with Gasteiger partial charge in [-0.2, -0.15) is 0 Å². The Morgan fingerprint density at radius 1 is 0.809 bits per heavy atom. The van der Waals surface area contributed by atoms with Gasteiger partial charge in [0, 0.05) is 19.0 Å². The minimum Gasteiger partial charge on any atom is -0.352 e. The van der Waals surface area contributed by atoms with Crippen molar-refractivity contribution >= 4 is 50.7 Å². The molecule has 1 aliphatic carbocycles. The lowest BCUT2D eigenvalue weighted by Gasteiger charge is -2.35. The number of amides is 2. The zero-order valence-electron chi connectivity index (χ0n) is 26.3. The van der Waals surface area contributed by atoms with E-state index in [1.807, 2.05) is 37.3 Å². The van der Waals surface area contributed by atoms with Crippen molar-refractivity contribution in [1.82, 2.24) is 10.2 Å². The number of hydrogen-bond donors (Lipinski definition) is 1. The van der Waals surface area contributed by atoms with Crippen LogP contribution in [0.3, 0.4) is 0 Å². The second-order valence-corrected chi connectivity index (χ2v) is 14.7. The number of aryl methyl sites for hydroxylation is 1. The van der Waals surface area contributed by atoms with Gasteiger partial charge < -0.3 is 10.2 Å². The molecule has 10 heteroatoms. The van der Waals surface area contributed by atoms with Gasteiger partial charge in [0.25, 0.3) is 10.0 Å². The minimum atomic E-state index is -4.17. The van der Waals surface area contributed by atoms with Crippen LogP contribution in [0.25, 0.3) is 0 Å². The quantitative estimate of drug-likeness (QED) is 0.166. The minimum absolute atomic E-state index is 0.0124. The Morgan fingerprint density at radius 3 is 2.09 bits per heavy atom. The first-order valence-corrected chi connectivity index (χ1v) is 18.0. The van der Waals surface area contributed by atoms with Crippen molar-refractivity contribution < 1.29 is 18.0 Å². The number of hydrogen-bond acceptors (Lipinski definition) is 4. The lowest BCUT2D eigenvalue weighted by atomic mass is 9.94. The molecule has 5 rings (SSSR count). The molecule has 1 N–H and O–H groups in total. The number of sulfonamides is 1. The second kappa shape index (κ2) is 15.8. The fourth-order valence-corrected chi connectivity index (χ4v) is 7.63. The molecule has 246 valence electrons. The van der Waals surface area contributed by atoms with Gasteiger partial charge in [-0.3, -0.25) is 13.9 Å². The molecule has 0 spiro atoms. The fraction of sp³-hybridized carbons (Fsp3) is 0.297. The van der Waals surface area contributed by atoms with E-state index in [-0.39, 0.29) is 29.8 Å². The number of para-hydroxylation sites is 1. The van der Waals surface area contributed by atoms with E-state index in [0.29, 0.717) is 21.3 Å². The Hall–Kier alpha value is -3.85. The van der Waals surface area contributed by atoms with Gasteiger partial charge in [-0.25, -0.2) is 8.42 Å². The Balaban J connectivity index is 1.56. The smallest absolute Gasteiger partial charge is 0.264 e. The van der Waals surface area contributed by atoms with Crippen LogP contribution in [0.1, 0.15) is 48.8 Å². The third-order valence-corrected chi connectivity index (χ3v) is 11.0. The van der Waals surface area contributed by atoms with E-state index in [9.17, 15) is 18.0 Å². The van der Waals surface area contributed by atoms with Gasteiger partial charge in [0.15, 0.2) is 0 Å². The maximum atomic E-state index is 14.6. The van der Waals surface area contributed by atoms with Crippen LogP contribution < -0.4 is 9.62 Å². The Bertz CT molecular complexity index is 1760. The first kappa shape index (κ1) is 34.5. The standard InChI is InChI=1S/C37H39Cl2N3O4S/c1-27-17-20-32(21-18-27)47(45,46)42(31-15-9-4-10-16-31)26-36(43)41(25-29-19-22-33(38)34(39)23-29)35(24-28-11-5-2-6-12-28)37(44)40-30-13-7-3-8-14-30/h2,4-6,9-12,15-23,30,35H,3,7-8,13-14,24-26H2,1H3,(H,40,44)/t35-/m0/s1. The maximum Gasteiger partial charge on any atom is 0.264 e. The van der Waals surface area contributed by atoms with Crippen LogP contribution in [-0.2, 0) is 32.6 Å². The van der Waals surface area contributed by atoms with Crippen LogP contribution in [0.5, 0.6) is 0 Å². The van der Waals surface area contributed by atoms with Crippen molar-refractivity contribution in [2.75, 3.05) is 10.8 Å². The number of carbonyl (C=O) groups is 2. The van der Waals surface area contributed by atoms with E-state index in [0.717, 1.165) is 47.5 Å². The lowest BCUT2D eigenvalue weighted by molar-refractivity contribution is -0.140. The molecule has 0 saturated heterocycles. The molecule has 0 heterocycles. The highest BCUT2D eigenvalue weighted by Gasteiger charge is 2.35. The van der Waals surface area contributed by atoms with E-state index in [2.05, 4.69) is 5.32 Å². The summed E-state index contributed by atoms with van der Waals surface area (Å²) < 4.78 is 29.4. The summed E-state index contributed by atoms with van der Waals surface area (Å²) in [4.78, 5) is 30.4. The van der Waals surface area contributed by atoms with Gasteiger partial charge in [-0.1, -0.05) is 115 Å². The summed E-state index contributed by atoms with van der Waals surface area (Å²) in [7, 11) is -4.17. The number of rotatable bonds is 12. The highest BCUT2D eigenvalue weighted by atomic mass is 35.5. The predicted octanol–water partition coefficient (Wildman–Crippen LogP) is 7.59. The molecule has 0 bridgehead atoms. The summed E-state index contributed by atoms with van der Waals surface area (Å²) in [5, 5.41) is 3.90. The van der Waals surface area contributed by atoms with Gasteiger partial charge in [0.2, 0.25) is 11.8 Å². The van der Waals surface area contributed by atoms with E-state index in [1.54, 1.807) is 60.7 Å². The van der Waals surface area contributed by atoms with Crippen molar-refractivity contribution in [2.24, 2.45) is 0 Å². The molecule has 4 aromatic rings. The molecule has 0 aliphatic heterocycles. The van der Waals surface area contributed by atoms with Crippen molar-refractivity contribution in [1.29, 1.82) is 0 Å². The lowest BCUT2D eigenvalue weighted by Crippen LogP contribution is -2.55. The third-order valence-electron chi connectivity index (χ3n) is 8.49. The van der Waals surface area contributed by atoms with Gasteiger partial charge in [0.1, 0.15) is 12.6 Å². The number of halogens is 2. The zero-order chi connectivity index (χ0) is 33.4. The molecule has 1 atom stereocenters. The highest BCUT2D eigenvalue weighted by molar-refractivity contribution is 7.92. The van der Waals surface area contributed by atoms with Crippen LogP contribution in [0, 0.1) is 6.92 Å². The maximum absolute atomic E-state index is 14.6. The normalized spacial score (nSPS) is 14.3. The van der Waals surface area contributed by atoms with E-state index >= 15 is 0 Å². The first-order valence-electron chi connectivity index (χ1n) is 15.8. The van der Waals surface area contributed by atoms with Gasteiger partial charge in [0.05, 0.1) is 20.6 Å². The number of benzene rings is 4. The summed E-state index contributed by atoms with van der Waals surface area (Å²) in [6.07, 6.45) is 5.18. The largest absolute Gasteiger partial charge is 0.352 e.